The highest BCUT2D eigenvalue weighted by Gasteiger charge is 2.34. The summed E-state index contributed by atoms with van der Waals surface area (Å²) in [4.78, 5) is 25.2. The smallest absolute Gasteiger partial charge is 0.317 e. The van der Waals surface area contributed by atoms with Gasteiger partial charge >= 0.3 is 5.97 Å². The minimum Gasteiger partial charge on any atom is -0.459 e. The molecule has 1 aliphatic heterocycles. The van der Waals surface area contributed by atoms with Gasteiger partial charge in [0.2, 0.25) is 0 Å². The van der Waals surface area contributed by atoms with E-state index in [2.05, 4.69) is 0 Å². The van der Waals surface area contributed by atoms with Gasteiger partial charge in [-0.1, -0.05) is 0 Å². The molecule has 0 aromatic carbocycles. The fourth-order valence-electron chi connectivity index (χ4n) is 1.59. The number of Topliss-reactive ketones (excluding diaryl/α,β-unsaturated/α-hetero) is 1. The van der Waals surface area contributed by atoms with Crippen molar-refractivity contribution in [2.24, 2.45) is 5.92 Å². The molecule has 1 atom stereocenters. The molecule has 4 nitrogen and oxygen atoms in total. The van der Waals surface area contributed by atoms with Gasteiger partial charge in [0.05, 0.1) is 6.54 Å². The van der Waals surface area contributed by atoms with Crippen LogP contribution in [0.4, 0.5) is 0 Å². The summed E-state index contributed by atoms with van der Waals surface area (Å²) in [7, 11) is 1.88. The van der Waals surface area contributed by atoms with Crippen molar-refractivity contribution < 1.29 is 14.3 Å². The number of hydrogen-bond acceptors (Lipinski definition) is 4. The summed E-state index contributed by atoms with van der Waals surface area (Å²) in [6.45, 7) is 6.55. The number of rotatable bonds is 1. The zero-order chi connectivity index (χ0) is 11.6. The zero-order valence-electron chi connectivity index (χ0n) is 9.87. The molecule has 86 valence electrons. The van der Waals surface area contributed by atoms with Crippen LogP contribution in [0.15, 0.2) is 0 Å². The number of carbonyl (C=O) groups is 2. The molecule has 0 aliphatic carbocycles. The van der Waals surface area contributed by atoms with Crippen molar-refractivity contribution in [2.75, 3.05) is 20.1 Å². The SMILES string of the molecule is CN1CCC(C(=O)OC(C)(C)C)C(=O)C1. The Bertz CT molecular complexity index is 267. The standard InChI is InChI=1S/C11H19NO3/c1-11(2,3)15-10(14)8-5-6-12(4)7-9(8)13/h8H,5-7H2,1-4H3. The number of likely N-dealkylation sites (tertiary alicyclic amines) is 1. The average molecular weight is 213 g/mol. The van der Waals surface area contributed by atoms with E-state index < -0.39 is 11.5 Å². The van der Waals surface area contributed by atoms with Crippen molar-refractivity contribution in [1.82, 2.24) is 4.90 Å². The third-order valence-corrected chi connectivity index (χ3v) is 2.31. The van der Waals surface area contributed by atoms with E-state index >= 15 is 0 Å². The summed E-state index contributed by atoms with van der Waals surface area (Å²) in [6, 6.07) is 0. The largest absolute Gasteiger partial charge is 0.459 e. The fourth-order valence-corrected chi connectivity index (χ4v) is 1.59. The van der Waals surface area contributed by atoms with Gasteiger partial charge in [0.25, 0.3) is 0 Å². The number of likely N-dealkylation sites (N-methyl/N-ethyl adjacent to an activating group) is 1. The number of carbonyl (C=O) groups excluding carboxylic acids is 2. The number of hydrogen-bond donors (Lipinski definition) is 0. The summed E-state index contributed by atoms with van der Waals surface area (Å²) in [5.74, 6) is -0.959. The molecule has 4 heteroatoms. The first-order chi connectivity index (χ1) is 6.79. The normalized spacial score (nSPS) is 24.0. The van der Waals surface area contributed by atoms with Gasteiger partial charge in [0.1, 0.15) is 11.5 Å². The molecular weight excluding hydrogens is 194 g/mol. The molecular formula is C11H19NO3. The number of ketones is 1. The molecule has 0 amide bonds. The van der Waals surface area contributed by atoms with Gasteiger partial charge in [-0.15, -0.1) is 0 Å². The molecule has 1 aliphatic rings. The molecule has 0 bridgehead atoms. The maximum absolute atomic E-state index is 11.7. The van der Waals surface area contributed by atoms with E-state index in [1.54, 1.807) is 0 Å². The van der Waals surface area contributed by atoms with Gasteiger partial charge in [-0.25, -0.2) is 0 Å². The van der Waals surface area contributed by atoms with Crippen molar-refractivity contribution in [3.05, 3.63) is 0 Å². The average Bonchev–Trinajstić information content (AvgIpc) is 1.99. The first-order valence-electron chi connectivity index (χ1n) is 5.24. The molecule has 15 heavy (non-hydrogen) atoms. The van der Waals surface area contributed by atoms with E-state index in [4.69, 9.17) is 4.74 Å². The summed E-state index contributed by atoms with van der Waals surface area (Å²) in [6.07, 6.45) is 0.574. The van der Waals surface area contributed by atoms with Crippen LogP contribution in [-0.2, 0) is 14.3 Å². The lowest BCUT2D eigenvalue weighted by Crippen LogP contribution is -2.43. The van der Waals surface area contributed by atoms with Crippen LogP contribution in [0.1, 0.15) is 27.2 Å². The monoisotopic (exact) mass is 213 g/mol. The van der Waals surface area contributed by atoms with Crippen LogP contribution in [0.5, 0.6) is 0 Å². The predicted octanol–water partition coefficient (Wildman–Crippen LogP) is 0.849. The van der Waals surface area contributed by atoms with Crippen LogP contribution in [0, 0.1) is 5.92 Å². The molecule has 0 N–H and O–H groups in total. The highest BCUT2D eigenvalue weighted by Crippen LogP contribution is 2.18. The predicted molar refractivity (Wildman–Crippen MR) is 56.5 cm³/mol. The quantitative estimate of drug-likeness (QED) is 0.478. The minimum absolute atomic E-state index is 0.0296. The van der Waals surface area contributed by atoms with Gasteiger partial charge in [-0.3, -0.25) is 14.5 Å². The van der Waals surface area contributed by atoms with Gasteiger partial charge in [0, 0.05) is 0 Å². The Balaban J connectivity index is 2.57. The number of piperidine rings is 1. The zero-order valence-corrected chi connectivity index (χ0v) is 9.87. The third kappa shape index (κ3) is 3.63. The Kier molecular flexibility index (Phi) is 3.50. The maximum Gasteiger partial charge on any atom is 0.317 e. The second-order valence-corrected chi connectivity index (χ2v) is 5.08. The molecule has 1 saturated heterocycles. The highest BCUT2D eigenvalue weighted by molar-refractivity contribution is 6.00. The van der Waals surface area contributed by atoms with Gasteiger partial charge < -0.3 is 4.74 Å². The molecule has 0 radical (unpaired) electrons. The van der Waals surface area contributed by atoms with E-state index in [0.29, 0.717) is 13.0 Å². The second kappa shape index (κ2) is 4.31. The molecule has 0 aromatic heterocycles. The minimum atomic E-state index is -0.555. The van der Waals surface area contributed by atoms with E-state index in [1.165, 1.54) is 0 Å². The first-order valence-corrected chi connectivity index (χ1v) is 5.24. The Morgan fingerprint density at radius 3 is 2.53 bits per heavy atom. The van der Waals surface area contributed by atoms with Crippen molar-refractivity contribution in [2.45, 2.75) is 32.8 Å². The third-order valence-electron chi connectivity index (χ3n) is 2.31. The van der Waals surface area contributed by atoms with Crippen LogP contribution < -0.4 is 0 Å². The number of ether oxygens (including phenoxy) is 1. The molecule has 0 aromatic rings. The summed E-state index contributed by atoms with van der Waals surface area (Å²) in [5.41, 5.74) is -0.513. The first kappa shape index (κ1) is 12.2. The van der Waals surface area contributed by atoms with Crippen LogP contribution in [-0.4, -0.2) is 42.4 Å². The van der Waals surface area contributed by atoms with E-state index in [-0.39, 0.29) is 11.8 Å². The highest BCUT2D eigenvalue weighted by atomic mass is 16.6. The molecule has 1 unspecified atom stereocenters. The van der Waals surface area contributed by atoms with Gasteiger partial charge in [0.15, 0.2) is 5.78 Å². The van der Waals surface area contributed by atoms with E-state index in [9.17, 15) is 9.59 Å². The lowest BCUT2D eigenvalue weighted by atomic mass is 9.95. The Hall–Kier alpha value is -0.900. The van der Waals surface area contributed by atoms with Crippen LogP contribution >= 0.6 is 0 Å². The van der Waals surface area contributed by atoms with E-state index in [1.807, 2.05) is 32.7 Å². The molecule has 0 saturated carbocycles. The Morgan fingerprint density at radius 1 is 1.47 bits per heavy atom. The Labute approximate surface area is 90.6 Å². The molecule has 1 rings (SSSR count). The van der Waals surface area contributed by atoms with Crippen molar-refractivity contribution in [1.29, 1.82) is 0 Å². The van der Waals surface area contributed by atoms with Crippen LogP contribution in [0.25, 0.3) is 0 Å². The second-order valence-electron chi connectivity index (χ2n) is 5.08. The van der Waals surface area contributed by atoms with Gasteiger partial charge in [-0.2, -0.15) is 0 Å². The fraction of sp³-hybridized carbons (Fsp3) is 0.818. The summed E-state index contributed by atoms with van der Waals surface area (Å²) in [5, 5.41) is 0. The van der Waals surface area contributed by atoms with Crippen molar-refractivity contribution in [3.63, 3.8) is 0 Å². The molecule has 0 spiro atoms. The lowest BCUT2D eigenvalue weighted by molar-refractivity contribution is -0.163. The van der Waals surface area contributed by atoms with E-state index in [0.717, 1.165) is 6.54 Å². The maximum atomic E-state index is 11.7. The summed E-state index contributed by atoms with van der Waals surface area (Å²) >= 11 is 0. The van der Waals surface area contributed by atoms with Crippen molar-refractivity contribution in [3.8, 4) is 0 Å². The lowest BCUT2D eigenvalue weighted by Gasteiger charge is -2.29. The van der Waals surface area contributed by atoms with Crippen LogP contribution in [0.3, 0.4) is 0 Å². The Morgan fingerprint density at radius 2 is 2.07 bits per heavy atom. The van der Waals surface area contributed by atoms with Gasteiger partial charge in [-0.05, 0) is 40.8 Å². The van der Waals surface area contributed by atoms with Crippen molar-refractivity contribution >= 4 is 11.8 Å². The van der Waals surface area contributed by atoms with Crippen LogP contribution in [0.2, 0.25) is 0 Å². The molecule has 1 fully saturated rings. The summed E-state index contributed by atoms with van der Waals surface area (Å²) < 4.78 is 5.20. The topological polar surface area (TPSA) is 46.6 Å². The number of esters is 1. The number of nitrogens with zero attached hydrogens (tertiary/aromatic N) is 1. The molecule has 1 heterocycles.